The Labute approximate surface area is 247 Å². The van der Waals surface area contributed by atoms with Gasteiger partial charge in [0.2, 0.25) is 0 Å². The Morgan fingerprint density at radius 3 is 1.60 bits per heavy atom. The molecule has 3 aromatic carbocycles. The topological polar surface area (TPSA) is 41.9 Å². The van der Waals surface area contributed by atoms with Gasteiger partial charge in [0.05, 0.1) is 0 Å². The molecular formula is C37H44FeNO3P. The van der Waals surface area contributed by atoms with Gasteiger partial charge in [-0.2, -0.15) is 0 Å². The molecular weight excluding hydrogens is 593 g/mol. The smallest absolute Gasteiger partial charge is 0.0398 e. The summed E-state index contributed by atoms with van der Waals surface area (Å²) in [5.41, 5.74) is 4.04. The van der Waals surface area contributed by atoms with Crippen LogP contribution in [0.1, 0.15) is 23.6 Å². The number of hydrogen-bond donors (Lipinski definition) is 1. The average Bonchev–Trinajstić information content (AvgIpc) is 3.98. The van der Waals surface area contributed by atoms with Gasteiger partial charge in [-0.3, -0.25) is 0 Å². The number of nitrogens with zero attached hydrogens (tertiary/aromatic N) is 1. The summed E-state index contributed by atoms with van der Waals surface area (Å²) in [7, 11) is 7.78. The van der Waals surface area contributed by atoms with Crippen molar-refractivity contribution in [1.82, 2.24) is 4.90 Å². The van der Waals surface area contributed by atoms with Crippen molar-refractivity contribution in [3.63, 3.8) is 0 Å². The number of hydrogen-bond acceptors (Lipinski definition) is 4. The Bertz CT molecular complexity index is 2120. The van der Waals surface area contributed by atoms with Crippen LogP contribution in [0.2, 0.25) is 38.0 Å². The third-order valence-electron chi connectivity index (χ3n) is 20.9. The zero-order chi connectivity index (χ0) is 29.5. The monoisotopic (exact) mass is 637 g/mol. The first-order valence-electron chi connectivity index (χ1n) is 16.1. The molecule has 13 rings (SSSR count). The van der Waals surface area contributed by atoms with E-state index in [2.05, 4.69) is 93.5 Å². The number of methoxy groups -OCH3 is 2. The van der Waals surface area contributed by atoms with E-state index < -0.39 is 14.4 Å². The van der Waals surface area contributed by atoms with Crippen LogP contribution in [0.25, 0.3) is 0 Å². The van der Waals surface area contributed by atoms with Crippen LogP contribution in [0.3, 0.4) is 0 Å². The molecule has 3 aromatic rings. The molecule has 4 nitrogen and oxygen atoms in total. The van der Waals surface area contributed by atoms with Crippen molar-refractivity contribution in [3.05, 3.63) is 95.6 Å². The molecule has 0 aliphatic carbocycles. The van der Waals surface area contributed by atoms with Crippen molar-refractivity contribution in [2.45, 2.75) is 78.8 Å². The van der Waals surface area contributed by atoms with Gasteiger partial charge >= 0.3 is 205 Å². The Balaban J connectivity index is 0.000000287. The molecule has 6 unspecified atom stereocenters. The molecule has 10 aliphatic heterocycles. The second-order valence-electron chi connectivity index (χ2n) is 17.6. The van der Waals surface area contributed by atoms with Gasteiger partial charge in [0.1, 0.15) is 0 Å². The van der Waals surface area contributed by atoms with E-state index in [1.807, 2.05) is 32.4 Å². The number of benzene rings is 3. The van der Waals surface area contributed by atoms with E-state index in [9.17, 15) is 5.11 Å². The first kappa shape index (κ1) is 24.4. The summed E-state index contributed by atoms with van der Waals surface area (Å²) in [6.07, 6.45) is 2.18. The van der Waals surface area contributed by atoms with Gasteiger partial charge in [-0.15, -0.1) is 0 Å². The molecule has 228 valence electrons. The molecule has 0 radical (unpaired) electrons. The van der Waals surface area contributed by atoms with Gasteiger partial charge < -0.3 is 0 Å². The van der Waals surface area contributed by atoms with Crippen LogP contribution in [-0.2, 0) is 18.8 Å². The minimum atomic E-state index is -4.21. The third kappa shape index (κ3) is 0.661. The number of aryl methyl sites for hydroxylation is 1. The number of ether oxygens (including phenoxy) is 2. The molecule has 10 saturated heterocycles. The molecule has 1 N–H and O–H groups in total. The van der Waals surface area contributed by atoms with Gasteiger partial charge in [0.15, 0.2) is 0 Å². The van der Waals surface area contributed by atoms with Crippen molar-refractivity contribution < 1.29 is 21.1 Å². The fourth-order valence-electron chi connectivity index (χ4n) is 22.2. The van der Waals surface area contributed by atoms with Crippen LogP contribution in [0.5, 0.6) is 11.5 Å². The van der Waals surface area contributed by atoms with Crippen LogP contribution >= 0.6 is 7.92 Å². The minimum Gasteiger partial charge on any atom is -0.0622 e. The van der Waals surface area contributed by atoms with Crippen LogP contribution < -0.4 is 9.47 Å². The first-order valence-corrected chi connectivity index (χ1v) is 24.0. The predicted molar refractivity (Wildman–Crippen MR) is 171 cm³/mol. The van der Waals surface area contributed by atoms with Gasteiger partial charge in [-0.25, -0.2) is 0 Å². The van der Waals surface area contributed by atoms with Crippen LogP contribution in [0.15, 0.2) is 78.9 Å². The van der Waals surface area contributed by atoms with Gasteiger partial charge in [0, 0.05) is 0 Å². The molecule has 10 aliphatic rings. The molecule has 0 bridgehead atoms. The summed E-state index contributed by atoms with van der Waals surface area (Å²) in [6, 6.07) is 28.2. The molecule has 0 saturated carbocycles. The van der Waals surface area contributed by atoms with Gasteiger partial charge in [0.25, 0.3) is 0 Å². The fourth-order valence-corrected chi connectivity index (χ4v) is 115. The van der Waals surface area contributed by atoms with Crippen molar-refractivity contribution in [2.24, 2.45) is 0 Å². The van der Waals surface area contributed by atoms with Crippen molar-refractivity contribution >= 4 is 7.92 Å². The number of aliphatic hydroxyl groups is 1. The second kappa shape index (κ2) is 4.05. The molecule has 6 heteroatoms. The maximum Gasteiger partial charge on any atom is -0.0398 e. The molecule has 1 spiro atoms. The predicted octanol–water partition coefficient (Wildman–Crippen LogP) is 8.40. The zero-order valence-corrected chi connectivity index (χ0v) is 28.0. The van der Waals surface area contributed by atoms with E-state index in [1.54, 1.807) is 0 Å². The molecule has 6 atom stereocenters. The summed E-state index contributed by atoms with van der Waals surface area (Å²) >= 11 is 0. The average molecular weight is 638 g/mol. The van der Waals surface area contributed by atoms with Crippen LogP contribution in [0.4, 0.5) is 0 Å². The minimum absolute atomic E-state index is 0.238. The molecule has 43 heavy (non-hydrogen) atoms. The van der Waals surface area contributed by atoms with Crippen molar-refractivity contribution in [1.29, 1.82) is 0 Å². The standard InChI is InChI=1S/C25H31NO3P.C7H8.C5H5.Fe/c1-18(26(2)3)21-14-15-24(25(21)27)30(16-19-10-6-8-12-22(19)28-4)17-20-11-7-9-13-23(20)29-5;1-7-5-3-2-4-6-7;1-2-4-5-3-1;/h6-15,18,27H,16-17H2,1-5H3;2-6H,1H3;1-5H;. The Hall–Kier alpha value is -1.87. The fraction of sp³-hybridized carbons (Fsp3) is 0.514. The Kier molecular flexibility index (Phi) is 2.30. The summed E-state index contributed by atoms with van der Waals surface area (Å²) in [6.45, 7) is 0.384. The number of para-hydroxylation sites is 2. The second-order valence-corrected chi connectivity index (χ2v) is 43.3. The van der Waals surface area contributed by atoms with E-state index in [-0.39, 0.29) is 4.50 Å². The van der Waals surface area contributed by atoms with E-state index in [0.29, 0.717) is 14.4 Å². The normalized spacial score (nSPS) is 58.0. The van der Waals surface area contributed by atoms with E-state index in [0.717, 1.165) is 57.5 Å². The summed E-state index contributed by atoms with van der Waals surface area (Å²) in [5.74, 6) is 2.06. The summed E-state index contributed by atoms with van der Waals surface area (Å²) in [5, 5.41) is 13.5. The van der Waals surface area contributed by atoms with Crippen molar-refractivity contribution in [2.75, 3.05) is 28.3 Å². The SMILES string of the molecule is COc1ccccc1CP(Cc1ccccc1OC)[C]12[CH]3[CH]4[C]5(C(C)N(C)C)[C]1(O)[Fe]43521678[CH]2[CH]1[CH]6[CH]7[CH]28.Cc1ccccc1. The Morgan fingerprint density at radius 1 is 0.767 bits per heavy atom. The van der Waals surface area contributed by atoms with Crippen LogP contribution in [0, 0.1) is 6.92 Å². The zero-order valence-electron chi connectivity index (χ0n) is 26.1. The molecule has 0 amide bonds. The van der Waals surface area contributed by atoms with E-state index in [1.165, 1.54) is 16.7 Å². The Morgan fingerprint density at radius 2 is 1.23 bits per heavy atom. The van der Waals surface area contributed by atoms with Gasteiger partial charge in [-0.1, -0.05) is 35.9 Å². The summed E-state index contributed by atoms with van der Waals surface area (Å²) < 4.78 is 12.2. The molecule has 0 aromatic heterocycles. The largest absolute Gasteiger partial charge is 0.0622 e. The maximum atomic E-state index is 13.5. The molecule has 10 heterocycles. The number of rotatable bonds is 9. The molecule has 10 fully saturated rings. The summed E-state index contributed by atoms with van der Waals surface area (Å²) in [4.78, 5) is 9.70. The third-order valence-corrected chi connectivity index (χ3v) is 71.3. The van der Waals surface area contributed by atoms with E-state index >= 15 is 0 Å². The van der Waals surface area contributed by atoms with E-state index in [4.69, 9.17) is 9.47 Å². The van der Waals surface area contributed by atoms with Crippen molar-refractivity contribution in [3.8, 4) is 11.5 Å². The van der Waals surface area contributed by atoms with Gasteiger partial charge in [-0.05, 0) is 6.92 Å². The van der Waals surface area contributed by atoms with Crippen LogP contribution in [-0.4, -0.2) is 52.9 Å². The first-order chi connectivity index (χ1) is 20.5. The quantitative estimate of drug-likeness (QED) is 0.189. The maximum absolute atomic E-state index is 13.5. The number of fused-ring (bicyclic) bond motifs is 10.